The van der Waals surface area contributed by atoms with Gasteiger partial charge in [0.15, 0.2) is 0 Å². The SMILES string of the molecule is CN(C)n1c([S-])c([S-])n(N(C)C)c1=S.CN(C)n1c([S-])c([S-])n(N(C)C)c1=S.[Ni]. The van der Waals surface area contributed by atoms with Crippen LogP contribution in [0.4, 0.5) is 0 Å². The summed E-state index contributed by atoms with van der Waals surface area (Å²) in [6, 6.07) is 0. The van der Waals surface area contributed by atoms with Crippen molar-refractivity contribution in [1.29, 1.82) is 0 Å². The Kier molecular flexibility index (Phi) is 10.9. The second-order valence-corrected chi connectivity index (χ2v) is 8.70. The summed E-state index contributed by atoms with van der Waals surface area (Å²) in [7, 11) is 15.0. The molecular weight excluding hydrogens is 531 g/mol. The second-order valence-electron chi connectivity index (χ2n) is 6.42. The molecule has 0 aromatic carbocycles. The predicted molar refractivity (Wildman–Crippen MR) is 129 cm³/mol. The molecule has 2 aromatic rings. The van der Waals surface area contributed by atoms with Gasteiger partial charge in [-0.05, 0) is 24.4 Å². The molecule has 0 saturated heterocycles. The van der Waals surface area contributed by atoms with Gasteiger partial charge in [-0.3, -0.25) is 18.7 Å². The smallest absolute Gasteiger partial charge is 0.214 e. The molecule has 0 aliphatic rings. The molecule has 0 N–H and O–H groups in total. The van der Waals surface area contributed by atoms with Crippen molar-refractivity contribution in [2.24, 2.45) is 0 Å². The molecule has 2 heterocycles. The fourth-order valence-corrected chi connectivity index (χ4v) is 4.89. The molecule has 0 amide bonds. The van der Waals surface area contributed by atoms with Crippen LogP contribution in [0.5, 0.6) is 0 Å². The van der Waals surface area contributed by atoms with Crippen LogP contribution >= 0.6 is 24.4 Å². The molecule has 0 aliphatic heterocycles. The van der Waals surface area contributed by atoms with Gasteiger partial charge in [0, 0.05) is 72.9 Å². The van der Waals surface area contributed by atoms with E-state index in [9.17, 15) is 0 Å². The zero-order chi connectivity index (χ0) is 22.1. The zero-order valence-corrected chi connectivity index (χ0v) is 23.2. The van der Waals surface area contributed by atoms with E-state index in [1.165, 1.54) is 0 Å². The van der Waals surface area contributed by atoms with Gasteiger partial charge in [0.05, 0.1) is 0 Å². The molecule has 170 valence electrons. The molecule has 0 unspecified atom stereocenters. The molecule has 0 saturated carbocycles. The topological polar surface area (TPSA) is 32.7 Å². The number of hydrogen-bond acceptors (Lipinski definition) is 10. The maximum atomic E-state index is 5.26. The van der Waals surface area contributed by atoms with Crippen molar-refractivity contribution in [3.8, 4) is 0 Å². The van der Waals surface area contributed by atoms with Crippen LogP contribution in [0.1, 0.15) is 0 Å². The van der Waals surface area contributed by atoms with E-state index in [1.807, 2.05) is 76.4 Å². The van der Waals surface area contributed by atoms with Gasteiger partial charge in [-0.25, -0.2) is 0 Å². The molecule has 29 heavy (non-hydrogen) atoms. The summed E-state index contributed by atoms with van der Waals surface area (Å²) in [6.07, 6.45) is 0. The van der Waals surface area contributed by atoms with Gasteiger partial charge in [-0.15, -0.1) is 0 Å². The molecule has 15 heteroatoms. The first-order valence-corrected chi connectivity index (χ1v) is 10.3. The Labute approximate surface area is 214 Å². The number of rotatable bonds is 4. The zero-order valence-electron chi connectivity index (χ0n) is 17.3. The minimum absolute atomic E-state index is 0. The third-order valence-electron chi connectivity index (χ3n) is 3.46. The molecule has 2 aromatic heterocycles. The third kappa shape index (κ3) is 5.77. The van der Waals surface area contributed by atoms with Gasteiger partial charge < -0.3 is 70.6 Å². The normalized spacial score (nSPS) is 9.93. The van der Waals surface area contributed by atoms with Crippen molar-refractivity contribution in [2.45, 2.75) is 20.1 Å². The minimum atomic E-state index is 0. The van der Waals surface area contributed by atoms with Crippen molar-refractivity contribution >= 4 is 75.0 Å². The van der Waals surface area contributed by atoms with E-state index in [-0.39, 0.29) is 16.5 Å². The summed E-state index contributed by atoms with van der Waals surface area (Å²) < 4.78 is 8.10. The largest absolute Gasteiger partial charge is 0.760 e. The predicted octanol–water partition coefficient (Wildman–Crippen LogP) is 0.449. The first kappa shape index (κ1) is 28.4. The summed E-state index contributed by atoms with van der Waals surface area (Å²) in [4.78, 5) is 0. The number of hydrogen-bond donors (Lipinski definition) is 0. The van der Waals surface area contributed by atoms with Gasteiger partial charge in [-0.1, -0.05) is 20.1 Å². The van der Waals surface area contributed by atoms with Crippen LogP contribution in [0.3, 0.4) is 0 Å². The van der Waals surface area contributed by atoms with Crippen LogP contribution in [0.15, 0.2) is 20.1 Å². The number of imidazole rings is 2. The van der Waals surface area contributed by atoms with Crippen molar-refractivity contribution in [3.63, 3.8) is 0 Å². The van der Waals surface area contributed by atoms with Gasteiger partial charge >= 0.3 is 0 Å². The van der Waals surface area contributed by atoms with E-state index in [4.69, 9.17) is 75.0 Å². The molecule has 0 aliphatic carbocycles. The van der Waals surface area contributed by atoms with Crippen LogP contribution in [0.2, 0.25) is 0 Å². The quantitative estimate of drug-likeness (QED) is 0.302. The van der Waals surface area contributed by atoms with Gasteiger partial charge in [0.25, 0.3) is 0 Å². The van der Waals surface area contributed by atoms with Crippen LogP contribution in [-0.4, -0.2) is 75.1 Å². The first-order valence-electron chi connectivity index (χ1n) is 7.89. The Hall–Kier alpha value is -0.566. The fraction of sp³-hybridized carbons (Fsp3) is 0.571. The maximum Gasteiger partial charge on any atom is 0.214 e. The van der Waals surface area contributed by atoms with Crippen LogP contribution in [0, 0.1) is 9.54 Å². The van der Waals surface area contributed by atoms with E-state index < -0.39 is 0 Å². The third-order valence-corrected chi connectivity index (χ3v) is 5.88. The van der Waals surface area contributed by atoms with E-state index in [1.54, 1.807) is 18.7 Å². The molecule has 8 nitrogen and oxygen atoms in total. The van der Waals surface area contributed by atoms with Gasteiger partial charge in [0.2, 0.25) is 9.54 Å². The summed E-state index contributed by atoms with van der Waals surface area (Å²) in [5.41, 5.74) is 0. The molecule has 0 bridgehead atoms. The Balaban J connectivity index is 0.000000523. The molecule has 0 fully saturated rings. The van der Waals surface area contributed by atoms with Crippen molar-refractivity contribution in [2.75, 3.05) is 76.4 Å². The molecule has 0 spiro atoms. The Bertz CT molecular complexity index is 794. The van der Waals surface area contributed by atoms with Crippen LogP contribution in [0.25, 0.3) is 0 Å². The standard InChI is InChI=1S/2C7H14N4S3.Ni/c2*1-8(2)10-5(12)6(13)11(7(10)14)9(3)4;/h2*12-13H,1-4H3;/p-4. The van der Waals surface area contributed by atoms with Crippen LogP contribution < -0.4 is 20.0 Å². The van der Waals surface area contributed by atoms with Crippen molar-refractivity contribution < 1.29 is 16.5 Å². The second kappa shape index (κ2) is 11.2. The molecular formula is C14H24N8NiS6-4. The maximum absolute atomic E-state index is 5.26. The van der Waals surface area contributed by atoms with Gasteiger partial charge in [-0.2, -0.15) is 0 Å². The molecule has 2 rings (SSSR count). The summed E-state index contributed by atoms with van der Waals surface area (Å²) in [6.45, 7) is 0. The monoisotopic (exact) mass is 554 g/mol. The number of nitrogens with zero attached hydrogens (tertiary/aromatic N) is 8. The fourth-order valence-electron chi connectivity index (χ4n) is 2.30. The van der Waals surface area contributed by atoms with E-state index in [0.717, 1.165) is 0 Å². The minimum Gasteiger partial charge on any atom is -0.760 e. The summed E-state index contributed by atoms with van der Waals surface area (Å²) in [5, 5.41) is 9.57. The number of aromatic nitrogens is 4. The van der Waals surface area contributed by atoms with Crippen molar-refractivity contribution in [1.82, 2.24) is 18.7 Å². The first-order chi connectivity index (χ1) is 12.7. The summed E-state index contributed by atoms with van der Waals surface area (Å²) in [5.74, 6) is 0. The average molecular weight is 555 g/mol. The summed E-state index contributed by atoms with van der Waals surface area (Å²) >= 11 is 31.3. The van der Waals surface area contributed by atoms with Crippen LogP contribution in [-0.2, 0) is 67.0 Å². The molecule has 0 atom stereocenters. The Morgan fingerprint density at radius 1 is 0.483 bits per heavy atom. The van der Waals surface area contributed by atoms with Gasteiger partial charge in [0.1, 0.15) is 0 Å². The van der Waals surface area contributed by atoms with E-state index >= 15 is 0 Å². The Morgan fingerprint density at radius 3 is 0.690 bits per heavy atom. The van der Waals surface area contributed by atoms with Crippen molar-refractivity contribution in [3.05, 3.63) is 9.54 Å². The average Bonchev–Trinajstić information content (AvgIpc) is 2.90. The Morgan fingerprint density at radius 2 is 0.621 bits per heavy atom. The molecule has 0 radical (unpaired) electrons. The van der Waals surface area contributed by atoms with E-state index in [2.05, 4.69) is 0 Å². The van der Waals surface area contributed by atoms with E-state index in [0.29, 0.717) is 29.6 Å².